The van der Waals surface area contributed by atoms with Crippen molar-refractivity contribution in [2.24, 2.45) is 0 Å². The van der Waals surface area contributed by atoms with Crippen LogP contribution in [0.5, 0.6) is 0 Å². The first kappa shape index (κ1) is 18.7. The van der Waals surface area contributed by atoms with Gasteiger partial charge in [0.2, 0.25) is 0 Å². The minimum absolute atomic E-state index is 0.688. The molecule has 2 aromatic carbocycles. The molecule has 4 rings (SSSR count). The number of nitrogens with two attached hydrogens (primary N) is 1. The highest BCUT2D eigenvalue weighted by Gasteiger charge is 2.16. The molecule has 3 nitrogen and oxygen atoms in total. The number of pyridine rings is 1. The Balaban J connectivity index is 0.00000102. The first-order chi connectivity index (χ1) is 13.2. The second kappa shape index (κ2) is 8.54. The minimum atomic E-state index is 0.688. The molecule has 1 aromatic heterocycles. The van der Waals surface area contributed by atoms with E-state index in [-0.39, 0.29) is 0 Å². The Hall–Kier alpha value is -3.07. The molecule has 3 heteroatoms. The summed E-state index contributed by atoms with van der Waals surface area (Å²) in [6.07, 6.45) is 7.13. The van der Waals surface area contributed by atoms with Crippen LogP contribution in [0.25, 0.3) is 16.6 Å². The number of rotatable bonds is 4. The van der Waals surface area contributed by atoms with Gasteiger partial charge in [-0.15, -0.1) is 13.2 Å². The van der Waals surface area contributed by atoms with Crippen molar-refractivity contribution in [2.75, 3.05) is 11.1 Å². The Bertz CT molecular complexity index is 922. The molecule has 0 aliphatic heterocycles. The lowest BCUT2D eigenvalue weighted by Crippen LogP contribution is -2.00. The van der Waals surface area contributed by atoms with E-state index >= 15 is 0 Å². The molecule has 0 bridgehead atoms. The summed E-state index contributed by atoms with van der Waals surface area (Å²) < 4.78 is 0. The highest BCUT2D eigenvalue weighted by atomic mass is 14.9. The Morgan fingerprint density at radius 2 is 1.70 bits per heavy atom. The Kier molecular flexibility index (Phi) is 5.92. The average Bonchev–Trinajstić information content (AvgIpc) is 3.27. The summed E-state index contributed by atoms with van der Waals surface area (Å²) in [5.74, 6) is 0.738. The number of hydrogen-bond donors (Lipinski definition) is 2. The largest absolute Gasteiger partial charge is 0.397 e. The maximum Gasteiger partial charge on any atom is 0.0951 e. The maximum absolute atomic E-state index is 6.03. The smallest absolute Gasteiger partial charge is 0.0951 e. The fourth-order valence-corrected chi connectivity index (χ4v) is 3.75. The molecule has 0 spiro atoms. The predicted octanol–water partition coefficient (Wildman–Crippen LogP) is 6.36. The van der Waals surface area contributed by atoms with Gasteiger partial charge in [0, 0.05) is 23.0 Å². The molecule has 1 fully saturated rings. The van der Waals surface area contributed by atoms with Crippen molar-refractivity contribution in [3.63, 3.8) is 0 Å². The fourth-order valence-electron chi connectivity index (χ4n) is 3.75. The quantitative estimate of drug-likeness (QED) is 0.422. The number of hydrogen-bond acceptors (Lipinski definition) is 3. The molecule has 0 amide bonds. The van der Waals surface area contributed by atoms with Gasteiger partial charge in [0.15, 0.2) is 0 Å². The van der Waals surface area contributed by atoms with Crippen LogP contribution in [0.15, 0.2) is 74.5 Å². The molecule has 0 radical (unpaired) electrons. The van der Waals surface area contributed by atoms with E-state index in [9.17, 15) is 0 Å². The molecule has 3 N–H and O–H groups in total. The first-order valence-corrected chi connectivity index (χ1v) is 9.42. The van der Waals surface area contributed by atoms with Crippen molar-refractivity contribution in [3.05, 3.63) is 85.6 Å². The number of aromatic nitrogens is 1. The van der Waals surface area contributed by atoms with E-state index < -0.39 is 0 Å². The van der Waals surface area contributed by atoms with Gasteiger partial charge >= 0.3 is 0 Å². The Labute approximate surface area is 161 Å². The second-order valence-corrected chi connectivity index (χ2v) is 6.81. The van der Waals surface area contributed by atoms with Crippen molar-refractivity contribution in [3.8, 4) is 0 Å². The summed E-state index contributed by atoms with van der Waals surface area (Å²) in [5.41, 5.74) is 12.0. The van der Waals surface area contributed by atoms with E-state index in [4.69, 9.17) is 5.73 Å². The predicted molar refractivity (Wildman–Crippen MR) is 118 cm³/mol. The molecular weight excluding hydrogens is 330 g/mol. The maximum atomic E-state index is 6.03. The molecule has 3 aromatic rings. The summed E-state index contributed by atoms with van der Waals surface area (Å²) in [6, 6.07) is 16.7. The highest BCUT2D eigenvalue weighted by molar-refractivity contribution is 6.00. The molecular formula is C24H27N3. The van der Waals surface area contributed by atoms with Gasteiger partial charge in [-0.2, -0.15) is 0 Å². The third-order valence-corrected chi connectivity index (χ3v) is 5.17. The average molecular weight is 358 g/mol. The molecule has 1 saturated carbocycles. The van der Waals surface area contributed by atoms with E-state index in [0.717, 1.165) is 33.8 Å². The number of fused-ring (bicyclic) bond motifs is 1. The van der Waals surface area contributed by atoms with Crippen LogP contribution in [0.4, 0.5) is 11.4 Å². The van der Waals surface area contributed by atoms with Crippen molar-refractivity contribution in [1.29, 1.82) is 0 Å². The van der Waals surface area contributed by atoms with Crippen LogP contribution in [0.3, 0.4) is 0 Å². The molecule has 0 atom stereocenters. The fraction of sp³-hybridized carbons (Fsp3) is 0.208. The molecule has 0 saturated heterocycles. The van der Waals surface area contributed by atoms with Gasteiger partial charge in [0.05, 0.1) is 11.2 Å². The lowest BCUT2D eigenvalue weighted by molar-refractivity contribution is 0.723. The van der Waals surface area contributed by atoms with E-state index in [1.165, 1.54) is 31.2 Å². The zero-order chi connectivity index (χ0) is 19.2. The number of anilines is 2. The zero-order valence-corrected chi connectivity index (χ0v) is 15.7. The molecule has 1 heterocycles. The van der Waals surface area contributed by atoms with Gasteiger partial charge in [-0.25, -0.2) is 0 Å². The van der Waals surface area contributed by atoms with Crippen molar-refractivity contribution in [1.82, 2.24) is 4.98 Å². The number of nitrogen functional groups attached to an aromatic ring is 1. The summed E-state index contributed by atoms with van der Waals surface area (Å²) in [5, 5.41) is 4.43. The van der Waals surface area contributed by atoms with Crippen molar-refractivity contribution >= 4 is 28.0 Å². The Morgan fingerprint density at radius 1 is 1.00 bits per heavy atom. The van der Waals surface area contributed by atoms with Crippen LogP contribution in [0.2, 0.25) is 0 Å². The van der Waals surface area contributed by atoms with Gasteiger partial charge in [-0.3, -0.25) is 4.98 Å². The molecule has 27 heavy (non-hydrogen) atoms. The number of benzene rings is 2. The van der Waals surface area contributed by atoms with Gasteiger partial charge < -0.3 is 11.1 Å². The standard InChI is InChI=1S/C22H23N3.C2H4/c1-15(16-8-10-18(11-9-16)17-5-2-3-6-17)25-21-13-12-20(23)22-19(21)7-4-14-24-22;1-2/h4,7-14,17,25H,1-3,5-6,23H2;1-2H2. The number of nitrogens with one attached hydrogen (secondary N) is 1. The second-order valence-electron chi connectivity index (χ2n) is 6.81. The minimum Gasteiger partial charge on any atom is -0.397 e. The molecule has 1 aliphatic carbocycles. The summed E-state index contributed by atoms with van der Waals surface area (Å²) in [7, 11) is 0. The summed E-state index contributed by atoms with van der Waals surface area (Å²) in [4.78, 5) is 4.38. The third-order valence-electron chi connectivity index (χ3n) is 5.17. The van der Waals surface area contributed by atoms with Crippen LogP contribution in [0, 0.1) is 0 Å². The van der Waals surface area contributed by atoms with E-state index in [1.54, 1.807) is 6.20 Å². The van der Waals surface area contributed by atoms with E-state index in [2.05, 4.69) is 54.3 Å². The Morgan fingerprint density at radius 3 is 2.41 bits per heavy atom. The lowest BCUT2D eigenvalue weighted by atomic mass is 9.96. The summed E-state index contributed by atoms with van der Waals surface area (Å²) >= 11 is 0. The molecule has 1 aliphatic rings. The van der Waals surface area contributed by atoms with Gasteiger partial charge in [-0.05, 0) is 54.2 Å². The topological polar surface area (TPSA) is 50.9 Å². The lowest BCUT2D eigenvalue weighted by Gasteiger charge is -2.15. The molecule has 0 unspecified atom stereocenters. The zero-order valence-electron chi connectivity index (χ0n) is 15.7. The SMILES string of the molecule is C=C.C=C(Nc1ccc(N)c2ncccc12)c1ccc(C2CCCC2)cc1. The van der Waals surface area contributed by atoms with Crippen LogP contribution < -0.4 is 11.1 Å². The summed E-state index contributed by atoms with van der Waals surface area (Å²) in [6.45, 7) is 10.2. The van der Waals surface area contributed by atoms with Gasteiger partial charge in [-0.1, -0.05) is 43.7 Å². The van der Waals surface area contributed by atoms with Crippen LogP contribution in [0.1, 0.15) is 42.7 Å². The van der Waals surface area contributed by atoms with Crippen LogP contribution >= 0.6 is 0 Å². The van der Waals surface area contributed by atoms with Crippen LogP contribution in [-0.4, -0.2) is 4.98 Å². The normalized spacial score (nSPS) is 13.8. The van der Waals surface area contributed by atoms with E-state index in [0.29, 0.717) is 5.69 Å². The first-order valence-electron chi connectivity index (χ1n) is 9.42. The van der Waals surface area contributed by atoms with Crippen LogP contribution in [-0.2, 0) is 0 Å². The highest BCUT2D eigenvalue weighted by Crippen LogP contribution is 2.34. The van der Waals surface area contributed by atoms with Gasteiger partial charge in [0.25, 0.3) is 0 Å². The number of nitrogens with zero attached hydrogens (tertiary/aromatic N) is 1. The van der Waals surface area contributed by atoms with Crippen molar-refractivity contribution < 1.29 is 0 Å². The van der Waals surface area contributed by atoms with Gasteiger partial charge in [0.1, 0.15) is 0 Å². The monoisotopic (exact) mass is 357 g/mol. The molecule has 138 valence electrons. The van der Waals surface area contributed by atoms with E-state index in [1.807, 2.05) is 24.3 Å². The van der Waals surface area contributed by atoms with Crippen molar-refractivity contribution in [2.45, 2.75) is 31.6 Å². The third kappa shape index (κ3) is 4.03.